The Bertz CT molecular complexity index is 1000. The van der Waals surface area contributed by atoms with Gasteiger partial charge >= 0.3 is 0 Å². The quantitative estimate of drug-likeness (QED) is 0.659. The summed E-state index contributed by atoms with van der Waals surface area (Å²) >= 11 is 3.32. The smallest absolute Gasteiger partial charge is 0.298 e. The fraction of sp³-hybridized carbons (Fsp3) is 0.167. The molecule has 0 bridgehead atoms. The van der Waals surface area contributed by atoms with Crippen molar-refractivity contribution in [2.24, 2.45) is 0 Å². The largest absolute Gasteiger partial charge is 0.495 e. The number of carbonyl (C=O) groups excluding carboxylic acids is 1. The van der Waals surface area contributed by atoms with Crippen LogP contribution in [0.1, 0.15) is 10.6 Å². The van der Waals surface area contributed by atoms with Crippen LogP contribution in [0.15, 0.2) is 56.2 Å². The highest BCUT2D eigenvalue weighted by atomic mass is 79.9. The van der Waals surface area contributed by atoms with Gasteiger partial charge in [0.25, 0.3) is 5.91 Å². The van der Waals surface area contributed by atoms with Crippen molar-refractivity contribution in [2.75, 3.05) is 26.1 Å². The Morgan fingerprint density at radius 3 is 2.65 bits per heavy atom. The molecule has 1 aromatic heterocycles. The molecule has 0 saturated carbocycles. The molecule has 1 amide bonds. The van der Waals surface area contributed by atoms with Crippen LogP contribution in [0.25, 0.3) is 11.0 Å². The van der Waals surface area contributed by atoms with Gasteiger partial charge in [-0.25, -0.2) is 4.21 Å². The minimum Gasteiger partial charge on any atom is -0.495 e. The molecule has 0 aliphatic carbocycles. The highest BCUT2D eigenvalue weighted by Crippen LogP contribution is 2.27. The van der Waals surface area contributed by atoms with Crippen molar-refractivity contribution in [2.45, 2.75) is 4.90 Å². The Morgan fingerprint density at radius 1 is 1.19 bits per heavy atom. The van der Waals surface area contributed by atoms with Crippen LogP contribution in [0.2, 0.25) is 0 Å². The molecule has 26 heavy (non-hydrogen) atoms. The van der Waals surface area contributed by atoms with E-state index in [0.29, 0.717) is 16.2 Å². The molecule has 3 aromatic rings. The van der Waals surface area contributed by atoms with Gasteiger partial charge in [-0.1, -0.05) is 15.9 Å². The van der Waals surface area contributed by atoms with Gasteiger partial charge in [-0.15, -0.1) is 0 Å². The predicted molar refractivity (Wildman–Crippen MR) is 105 cm³/mol. The lowest BCUT2D eigenvalue weighted by molar-refractivity contribution is 0.0958. The number of nitrogens with one attached hydrogen (secondary N) is 1. The molecule has 3 rings (SSSR count). The summed E-state index contributed by atoms with van der Waals surface area (Å²) in [6.07, 6.45) is 0. The molecule has 136 valence electrons. The van der Waals surface area contributed by atoms with Crippen LogP contribution in [0, 0.1) is 0 Å². The normalized spacial score (nSPS) is 12.0. The number of amides is 1. The van der Waals surface area contributed by atoms with Gasteiger partial charge in [0.2, 0.25) is 0 Å². The molecule has 0 radical (unpaired) electrons. The van der Waals surface area contributed by atoms with Crippen molar-refractivity contribution in [3.8, 4) is 5.75 Å². The van der Waals surface area contributed by atoms with Gasteiger partial charge < -0.3 is 14.1 Å². The topological polar surface area (TPSA) is 71.8 Å². The third-order valence-electron chi connectivity index (χ3n) is 3.75. The van der Waals surface area contributed by atoms with Gasteiger partial charge in [-0.3, -0.25) is 9.52 Å². The average molecular weight is 437 g/mol. The van der Waals surface area contributed by atoms with Crippen LogP contribution in [-0.4, -0.2) is 31.3 Å². The lowest BCUT2D eigenvalue weighted by Crippen LogP contribution is -2.25. The third kappa shape index (κ3) is 3.76. The number of carbonyl (C=O) groups is 1. The van der Waals surface area contributed by atoms with Gasteiger partial charge in [0.1, 0.15) is 16.2 Å². The van der Waals surface area contributed by atoms with E-state index < -0.39 is 16.9 Å². The van der Waals surface area contributed by atoms with Crippen molar-refractivity contribution < 1.29 is 18.2 Å². The first-order valence-corrected chi connectivity index (χ1v) is 9.60. The number of methoxy groups -OCH3 is 1. The predicted octanol–water partition coefficient (Wildman–Crippen LogP) is 3.72. The summed E-state index contributed by atoms with van der Waals surface area (Å²) in [6, 6.07) is 12.4. The van der Waals surface area contributed by atoms with Gasteiger partial charge in [0.05, 0.1) is 7.11 Å². The Labute approximate surface area is 161 Å². The zero-order valence-electron chi connectivity index (χ0n) is 14.4. The molecule has 0 spiro atoms. The van der Waals surface area contributed by atoms with Gasteiger partial charge in [0, 0.05) is 35.7 Å². The molecule has 0 aliphatic rings. The van der Waals surface area contributed by atoms with E-state index in [1.54, 1.807) is 24.3 Å². The number of hydrogen-bond acceptors (Lipinski definition) is 5. The number of ether oxygens (including phenoxy) is 1. The SMILES string of the molecule is COc1ccc(Br)cc1S(=O)NC(=O)c1cc2ccc(N(C)C)cc2o1. The number of benzene rings is 2. The minimum absolute atomic E-state index is 0.0956. The van der Waals surface area contributed by atoms with Crippen molar-refractivity contribution in [1.82, 2.24) is 4.72 Å². The zero-order valence-corrected chi connectivity index (χ0v) is 16.8. The third-order valence-corrected chi connectivity index (χ3v) is 5.34. The second-order valence-electron chi connectivity index (χ2n) is 5.72. The maximum absolute atomic E-state index is 12.5. The molecule has 0 fully saturated rings. The summed E-state index contributed by atoms with van der Waals surface area (Å²) < 4.78 is 26.5. The summed E-state index contributed by atoms with van der Waals surface area (Å²) in [6.45, 7) is 0. The molecular weight excluding hydrogens is 420 g/mol. The Balaban J connectivity index is 1.85. The number of anilines is 1. The summed E-state index contributed by atoms with van der Waals surface area (Å²) in [5.74, 6) is -0.0433. The average Bonchev–Trinajstić information content (AvgIpc) is 3.04. The van der Waals surface area contributed by atoms with Crippen LogP contribution < -0.4 is 14.4 Å². The first-order chi connectivity index (χ1) is 12.4. The van der Waals surface area contributed by atoms with Crippen LogP contribution in [0.3, 0.4) is 0 Å². The van der Waals surface area contributed by atoms with Gasteiger partial charge in [-0.2, -0.15) is 0 Å². The number of fused-ring (bicyclic) bond motifs is 1. The number of furan rings is 1. The fourth-order valence-corrected chi connectivity index (χ4v) is 3.85. The standard InChI is InChI=1S/C18H17BrN2O4S/c1-21(2)13-6-4-11-8-16(25-15(11)10-13)18(22)20-26(23)17-9-12(19)5-7-14(17)24-3/h4-10H,1-3H3,(H,20,22). The maximum atomic E-state index is 12.5. The van der Waals surface area contributed by atoms with Crippen molar-refractivity contribution >= 4 is 49.5 Å². The Kier molecular flexibility index (Phi) is 5.33. The summed E-state index contributed by atoms with van der Waals surface area (Å²) in [5.41, 5.74) is 1.55. The number of halogens is 1. The zero-order chi connectivity index (χ0) is 18.8. The molecule has 1 unspecified atom stereocenters. The van der Waals surface area contributed by atoms with Crippen molar-refractivity contribution in [1.29, 1.82) is 0 Å². The molecule has 0 saturated heterocycles. The number of hydrogen-bond donors (Lipinski definition) is 1. The van der Waals surface area contributed by atoms with E-state index in [0.717, 1.165) is 15.5 Å². The van der Waals surface area contributed by atoms with Crippen LogP contribution >= 0.6 is 15.9 Å². The monoisotopic (exact) mass is 436 g/mol. The molecule has 1 atom stereocenters. The first kappa shape index (κ1) is 18.5. The van der Waals surface area contributed by atoms with Gasteiger partial charge in [0.15, 0.2) is 16.7 Å². The highest BCUT2D eigenvalue weighted by molar-refractivity contribution is 9.10. The lowest BCUT2D eigenvalue weighted by Gasteiger charge is -2.11. The minimum atomic E-state index is -1.79. The van der Waals surface area contributed by atoms with E-state index in [-0.39, 0.29) is 5.76 Å². The molecule has 1 heterocycles. The Morgan fingerprint density at radius 2 is 1.96 bits per heavy atom. The second-order valence-corrected chi connectivity index (χ2v) is 7.82. The summed E-state index contributed by atoms with van der Waals surface area (Å²) in [7, 11) is 3.53. The van der Waals surface area contributed by atoms with Gasteiger partial charge in [-0.05, 0) is 36.4 Å². The van der Waals surface area contributed by atoms with Crippen LogP contribution in [-0.2, 0) is 11.0 Å². The van der Waals surface area contributed by atoms with E-state index in [4.69, 9.17) is 9.15 Å². The van der Waals surface area contributed by atoms with E-state index in [1.807, 2.05) is 37.2 Å². The number of nitrogens with zero attached hydrogens (tertiary/aromatic N) is 1. The molecular formula is C18H17BrN2O4S. The lowest BCUT2D eigenvalue weighted by atomic mass is 10.2. The Hall–Kier alpha value is -2.32. The first-order valence-electron chi connectivity index (χ1n) is 7.66. The van der Waals surface area contributed by atoms with E-state index in [1.165, 1.54) is 7.11 Å². The summed E-state index contributed by atoms with van der Waals surface area (Å²) in [5, 5.41) is 0.798. The summed E-state index contributed by atoms with van der Waals surface area (Å²) in [4.78, 5) is 14.7. The molecule has 1 N–H and O–H groups in total. The van der Waals surface area contributed by atoms with E-state index in [2.05, 4.69) is 20.7 Å². The van der Waals surface area contributed by atoms with Crippen LogP contribution in [0.4, 0.5) is 5.69 Å². The number of rotatable bonds is 5. The highest BCUT2D eigenvalue weighted by Gasteiger charge is 2.18. The van der Waals surface area contributed by atoms with E-state index in [9.17, 15) is 9.00 Å². The second kappa shape index (κ2) is 7.51. The molecule has 6 nitrogen and oxygen atoms in total. The fourth-order valence-electron chi connectivity index (χ4n) is 2.39. The van der Waals surface area contributed by atoms with Crippen molar-refractivity contribution in [3.05, 3.63) is 52.7 Å². The molecule has 8 heteroatoms. The van der Waals surface area contributed by atoms with Crippen molar-refractivity contribution in [3.63, 3.8) is 0 Å². The molecule has 2 aromatic carbocycles. The van der Waals surface area contributed by atoms with Crippen LogP contribution in [0.5, 0.6) is 5.75 Å². The van der Waals surface area contributed by atoms with E-state index >= 15 is 0 Å². The molecule has 0 aliphatic heterocycles. The maximum Gasteiger partial charge on any atom is 0.298 e.